The number of thiazole rings is 1. The molecule has 0 aliphatic carbocycles. The van der Waals surface area contributed by atoms with Crippen LogP contribution >= 0.6 is 22.7 Å². The van der Waals surface area contributed by atoms with Crippen molar-refractivity contribution in [3.63, 3.8) is 0 Å². The number of hydrogen-bond acceptors (Lipinski definition) is 4. The summed E-state index contributed by atoms with van der Waals surface area (Å²) >= 11 is 3.37. The summed E-state index contributed by atoms with van der Waals surface area (Å²) in [4.78, 5) is 5.54. The lowest BCUT2D eigenvalue weighted by molar-refractivity contribution is 0.600. The van der Waals surface area contributed by atoms with Crippen LogP contribution in [0.5, 0.6) is 0 Å². The number of halogens is 1. The summed E-state index contributed by atoms with van der Waals surface area (Å²) in [5, 5.41) is 7.39. The molecule has 0 saturated carbocycles. The first-order valence-corrected chi connectivity index (χ1v) is 7.70. The van der Waals surface area contributed by atoms with Crippen molar-refractivity contribution in [1.82, 2.24) is 10.3 Å². The Bertz CT molecular complexity index is 676. The Morgan fingerprint density at radius 2 is 2.26 bits per heavy atom. The molecule has 1 atom stereocenters. The maximum absolute atomic E-state index is 13.2. The molecule has 0 radical (unpaired) electrons. The van der Waals surface area contributed by atoms with Crippen molar-refractivity contribution in [2.24, 2.45) is 0 Å². The van der Waals surface area contributed by atoms with Crippen molar-refractivity contribution in [3.05, 3.63) is 51.5 Å². The van der Waals surface area contributed by atoms with Gasteiger partial charge in [0.1, 0.15) is 5.82 Å². The van der Waals surface area contributed by atoms with Gasteiger partial charge in [-0.3, -0.25) is 0 Å². The third-order valence-electron chi connectivity index (χ3n) is 3.05. The van der Waals surface area contributed by atoms with E-state index in [0.717, 1.165) is 21.5 Å². The van der Waals surface area contributed by atoms with E-state index in [1.165, 1.54) is 10.9 Å². The number of thiophene rings is 1. The van der Waals surface area contributed by atoms with Crippen LogP contribution < -0.4 is 5.32 Å². The summed E-state index contributed by atoms with van der Waals surface area (Å²) in [6.07, 6.45) is 2.69. The SMILES string of the molecule is CNC(Cc1nccs1)c1cc2cc(F)ccc2s1. The predicted octanol–water partition coefficient (Wildman–Crippen LogP) is 4.00. The van der Waals surface area contributed by atoms with Gasteiger partial charge in [0.15, 0.2) is 0 Å². The van der Waals surface area contributed by atoms with Crippen LogP contribution in [-0.2, 0) is 6.42 Å². The lowest BCUT2D eigenvalue weighted by atomic mass is 10.1. The average Bonchev–Trinajstić information content (AvgIpc) is 3.03. The normalized spacial score (nSPS) is 12.9. The van der Waals surface area contributed by atoms with Gasteiger partial charge in [0.25, 0.3) is 0 Å². The number of fused-ring (bicyclic) bond motifs is 1. The van der Waals surface area contributed by atoms with Gasteiger partial charge in [-0.15, -0.1) is 22.7 Å². The first-order valence-electron chi connectivity index (χ1n) is 6.01. The van der Waals surface area contributed by atoms with Crippen LogP contribution in [0.4, 0.5) is 4.39 Å². The second-order valence-electron chi connectivity index (χ2n) is 4.30. The third-order valence-corrected chi connectivity index (χ3v) is 5.08. The number of likely N-dealkylation sites (N-methyl/N-ethyl adjacent to an activating group) is 1. The quantitative estimate of drug-likeness (QED) is 0.786. The van der Waals surface area contributed by atoms with E-state index in [9.17, 15) is 4.39 Å². The minimum atomic E-state index is -0.183. The van der Waals surface area contributed by atoms with Crippen molar-refractivity contribution < 1.29 is 4.39 Å². The fourth-order valence-electron chi connectivity index (χ4n) is 2.08. The van der Waals surface area contributed by atoms with Crippen LogP contribution in [0.1, 0.15) is 15.9 Å². The average molecular weight is 292 g/mol. The van der Waals surface area contributed by atoms with E-state index in [4.69, 9.17) is 0 Å². The molecule has 19 heavy (non-hydrogen) atoms. The molecule has 2 nitrogen and oxygen atoms in total. The molecule has 0 fully saturated rings. The van der Waals surface area contributed by atoms with Gasteiger partial charge in [0.2, 0.25) is 0 Å². The Morgan fingerprint density at radius 3 is 3.00 bits per heavy atom. The smallest absolute Gasteiger partial charge is 0.123 e. The molecule has 1 unspecified atom stereocenters. The molecule has 0 saturated heterocycles. The highest BCUT2D eigenvalue weighted by Gasteiger charge is 2.15. The number of benzene rings is 1. The lowest BCUT2D eigenvalue weighted by Crippen LogP contribution is -2.17. The Labute approximate surface area is 118 Å². The van der Waals surface area contributed by atoms with Gasteiger partial charge in [-0.1, -0.05) is 0 Å². The molecule has 3 rings (SSSR count). The fraction of sp³-hybridized carbons (Fsp3) is 0.214. The van der Waals surface area contributed by atoms with E-state index in [-0.39, 0.29) is 11.9 Å². The molecule has 0 bridgehead atoms. The molecule has 1 N–H and O–H groups in total. The highest BCUT2D eigenvalue weighted by molar-refractivity contribution is 7.19. The molecule has 0 amide bonds. The van der Waals surface area contributed by atoms with Gasteiger partial charge >= 0.3 is 0 Å². The summed E-state index contributed by atoms with van der Waals surface area (Å²) in [6, 6.07) is 7.24. The zero-order valence-electron chi connectivity index (χ0n) is 10.4. The van der Waals surface area contributed by atoms with Gasteiger partial charge in [0.05, 0.1) is 5.01 Å². The Hall–Kier alpha value is -1.30. The first-order chi connectivity index (χ1) is 9.26. The molecule has 1 aromatic carbocycles. The minimum Gasteiger partial charge on any atom is -0.312 e. The molecule has 5 heteroatoms. The molecule has 2 aromatic heterocycles. The van der Waals surface area contributed by atoms with Gasteiger partial charge < -0.3 is 5.32 Å². The maximum atomic E-state index is 13.2. The van der Waals surface area contributed by atoms with Crippen LogP contribution in [0, 0.1) is 5.82 Å². The zero-order chi connectivity index (χ0) is 13.2. The standard InChI is InChI=1S/C14H13FN2S2/c1-16-11(8-14-17-4-5-18-14)13-7-9-6-10(15)2-3-12(9)19-13/h2-7,11,16H,8H2,1H3. The molecule has 3 aromatic rings. The van der Waals surface area contributed by atoms with Gasteiger partial charge in [0, 0.05) is 33.6 Å². The number of aromatic nitrogens is 1. The van der Waals surface area contributed by atoms with Crippen LogP contribution in [0.25, 0.3) is 10.1 Å². The molecule has 2 heterocycles. The van der Waals surface area contributed by atoms with E-state index in [1.807, 2.05) is 24.7 Å². The number of rotatable bonds is 4. The van der Waals surface area contributed by atoms with E-state index in [2.05, 4.69) is 16.4 Å². The van der Waals surface area contributed by atoms with Crippen molar-refractivity contribution in [2.75, 3.05) is 7.05 Å². The fourth-order valence-corrected chi connectivity index (χ4v) is 3.90. The number of nitrogens with zero attached hydrogens (tertiary/aromatic N) is 1. The number of hydrogen-bond donors (Lipinski definition) is 1. The zero-order valence-corrected chi connectivity index (χ0v) is 12.0. The second kappa shape index (κ2) is 5.36. The summed E-state index contributed by atoms with van der Waals surface area (Å²) in [6.45, 7) is 0. The molecule has 0 aliphatic rings. The highest BCUT2D eigenvalue weighted by Crippen LogP contribution is 2.32. The van der Waals surface area contributed by atoms with Crippen molar-refractivity contribution in [2.45, 2.75) is 12.5 Å². The minimum absolute atomic E-state index is 0.183. The first kappa shape index (κ1) is 12.7. The summed E-state index contributed by atoms with van der Waals surface area (Å²) < 4.78 is 14.3. The second-order valence-corrected chi connectivity index (χ2v) is 6.40. The van der Waals surface area contributed by atoms with E-state index in [0.29, 0.717) is 0 Å². The Kier molecular flexibility index (Phi) is 3.59. The maximum Gasteiger partial charge on any atom is 0.123 e. The van der Waals surface area contributed by atoms with Crippen molar-refractivity contribution in [3.8, 4) is 0 Å². The van der Waals surface area contributed by atoms with E-state index >= 15 is 0 Å². The molecule has 0 aliphatic heterocycles. The van der Waals surface area contributed by atoms with Crippen LogP contribution in [0.3, 0.4) is 0 Å². The van der Waals surface area contributed by atoms with Crippen LogP contribution in [0.15, 0.2) is 35.8 Å². The molecule has 98 valence electrons. The van der Waals surface area contributed by atoms with Gasteiger partial charge in [-0.05, 0) is 36.7 Å². The summed E-state index contributed by atoms with van der Waals surface area (Å²) in [7, 11) is 1.95. The lowest BCUT2D eigenvalue weighted by Gasteiger charge is -2.12. The van der Waals surface area contributed by atoms with Crippen LogP contribution in [-0.4, -0.2) is 12.0 Å². The summed E-state index contributed by atoms with van der Waals surface area (Å²) in [5.74, 6) is -0.183. The molecular formula is C14H13FN2S2. The van der Waals surface area contributed by atoms with E-state index in [1.54, 1.807) is 28.7 Å². The number of nitrogens with one attached hydrogen (secondary N) is 1. The Balaban J connectivity index is 1.92. The monoisotopic (exact) mass is 292 g/mol. The van der Waals surface area contributed by atoms with Crippen LogP contribution in [0.2, 0.25) is 0 Å². The van der Waals surface area contributed by atoms with Gasteiger partial charge in [-0.2, -0.15) is 0 Å². The highest BCUT2D eigenvalue weighted by atomic mass is 32.1. The largest absolute Gasteiger partial charge is 0.312 e. The molecule has 0 spiro atoms. The predicted molar refractivity (Wildman–Crippen MR) is 79.4 cm³/mol. The summed E-state index contributed by atoms with van der Waals surface area (Å²) in [5.41, 5.74) is 0. The third kappa shape index (κ3) is 2.68. The van der Waals surface area contributed by atoms with Crippen molar-refractivity contribution >= 4 is 32.8 Å². The van der Waals surface area contributed by atoms with Gasteiger partial charge in [-0.25, -0.2) is 9.37 Å². The topological polar surface area (TPSA) is 24.9 Å². The van der Waals surface area contributed by atoms with E-state index < -0.39 is 0 Å². The molecular weight excluding hydrogens is 279 g/mol. The van der Waals surface area contributed by atoms with Crippen molar-refractivity contribution in [1.29, 1.82) is 0 Å². The Morgan fingerprint density at radius 1 is 1.37 bits per heavy atom.